The largest absolute Gasteiger partial charge is 0.354 e. The fraction of sp³-hybridized carbons (Fsp3) is 0.583. The lowest BCUT2D eigenvalue weighted by atomic mass is 10.1. The van der Waals surface area contributed by atoms with E-state index in [0.29, 0.717) is 26.2 Å². The zero-order chi connectivity index (χ0) is 14.0. The van der Waals surface area contributed by atoms with Crippen LogP contribution in [0.2, 0.25) is 0 Å². The first-order valence-electron chi connectivity index (χ1n) is 6.29. The van der Waals surface area contributed by atoms with Gasteiger partial charge in [0.2, 0.25) is 10.0 Å². The van der Waals surface area contributed by atoms with Gasteiger partial charge in [0.1, 0.15) is 5.82 Å². The van der Waals surface area contributed by atoms with Gasteiger partial charge in [-0.05, 0) is 24.6 Å². The Bertz CT molecular complexity index is 536. The Hall–Kier alpha value is -1.18. The van der Waals surface area contributed by atoms with Crippen LogP contribution in [0.4, 0.5) is 5.82 Å². The van der Waals surface area contributed by atoms with Gasteiger partial charge in [0.25, 0.3) is 0 Å². The predicted octanol–water partition coefficient (Wildman–Crippen LogP) is 0.183. The highest BCUT2D eigenvalue weighted by Crippen LogP contribution is 2.18. The molecule has 19 heavy (non-hydrogen) atoms. The molecular formula is C12H20N4O2S. The number of hydrogen-bond acceptors (Lipinski definition) is 5. The van der Waals surface area contributed by atoms with Crippen LogP contribution in [0, 0.1) is 0 Å². The Morgan fingerprint density at radius 2 is 1.95 bits per heavy atom. The molecule has 1 aromatic rings. The smallest absolute Gasteiger partial charge is 0.211 e. The summed E-state index contributed by atoms with van der Waals surface area (Å²) in [6.45, 7) is 4.25. The number of sulfonamides is 1. The van der Waals surface area contributed by atoms with Crippen LogP contribution in [0.5, 0.6) is 0 Å². The third kappa shape index (κ3) is 3.43. The minimum atomic E-state index is -3.09. The molecule has 0 unspecified atom stereocenters. The van der Waals surface area contributed by atoms with E-state index in [1.165, 1.54) is 10.6 Å². The molecule has 0 amide bonds. The number of hydrogen-bond donors (Lipinski definition) is 1. The van der Waals surface area contributed by atoms with Crippen molar-refractivity contribution in [3.63, 3.8) is 0 Å². The zero-order valence-corrected chi connectivity index (χ0v) is 12.1. The van der Waals surface area contributed by atoms with Gasteiger partial charge in [-0.15, -0.1) is 0 Å². The Morgan fingerprint density at radius 1 is 1.32 bits per heavy atom. The molecule has 2 rings (SSSR count). The summed E-state index contributed by atoms with van der Waals surface area (Å²) in [5, 5.41) is 0. The predicted molar refractivity (Wildman–Crippen MR) is 75.5 cm³/mol. The second kappa shape index (κ2) is 5.44. The van der Waals surface area contributed by atoms with Crippen molar-refractivity contribution in [2.75, 3.05) is 37.3 Å². The number of nitrogens with zero attached hydrogens (tertiary/aromatic N) is 3. The molecule has 0 radical (unpaired) electrons. The fourth-order valence-electron chi connectivity index (χ4n) is 2.14. The Kier molecular flexibility index (Phi) is 4.07. The summed E-state index contributed by atoms with van der Waals surface area (Å²) in [7, 11) is -3.09. The number of piperazine rings is 1. The summed E-state index contributed by atoms with van der Waals surface area (Å²) < 4.78 is 24.4. The molecule has 1 atom stereocenters. The third-order valence-electron chi connectivity index (χ3n) is 3.33. The van der Waals surface area contributed by atoms with Gasteiger partial charge < -0.3 is 10.6 Å². The highest BCUT2D eigenvalue weighted by molar-refractivity contribution is 7.88. The Balaban J connectivity index is 2.07. The topological polar surface area (TPSA) is 79.5 Å². The Morgan fingerprint density at radius 3 is 2.47 bits per heavy atom. The molecule has 2 heterocycles. The lowest BCUT2D eigenvalue weighted by molar-refractivity contribution is 0.387. The molecule has 7 heteroatoms. The summed E-state index contributed by atoms with van der Waals surface area (Å²) in [4.78, 5) is 6.43. The standard InChI is InChI=1S/C12H20N4O2S/c1-10(13)11-3-4-14-12(9-11)15-5-7-16(8-6-15)19(2,17)18/h3-4,9-10H,5-8,13H2,1-2H3/t10-/m0/s1. The molecule has 1 aliphatic rings. The van der Waals surface area contributed by atoms with Crippen molar-refractivity contribution in [2.24, 2.45) is 5.73 Å². The molecule has 0 bridgehead atoms. The van der Waals surface area contributed by atoms with Crippen LogP contribution >= 0.6 is 0 Å². The molecule has 6 nitrogen and oxygen atoms in total. The number of rotatable bonds is 3. The summed E-state index contributed by atoms with van der Waals surface area (Å²) in [5.41, 5.74) is 6.89. The third-order valence-corrected chi connectivity index (χ3v) is 4.63. The molecule has 0 aromatic carbocycles. The van der Waals surface area contributed by atoms with E-state index in [9.17, 15) is 8.42 Å². The quantitative estimate of drug-likeness (QED) is 0.856. The van der Waals surface area contributed by atoms with Crippen LogP contribution in [0.1, 0.15) is 18.5 Å². The van der Waals surface area contributed by atoms with Crippen molar-refractivity contribution in [1.82, 2.24) is 9.29 Å². The van der Waals surface area contributed by atoms with Crippen molar-refractivity contribution in [2.45, 2.75) is 13.0 Å². The number of anilines is 1. The fourth-order valence-corrected chi connectivity index (χ4v) is 2.97. The maximum absolute atomic E-state index is 11.4. The van der Waals surface area contributed by atoms with E-state index in [4.69, 9.17) is 5.73 Å². The van der Waals surface area contributed by atoms with E-state index in [1.807, 2.05) is 19.1 Å². The first-order valence-corrected chi connectivity index (χ1v) is 8.14. The lowest BCUT2D eigenvalue weighted by Gasteiger charge is -2.34. The second-order valence-corrected chi connectivity index (χ2v) is 6.87. The van der Waals surface area contributed by atoms with Crippen molar-refractivity contribution in [1.29, 1.82) is 0 Å². The van der Waals surface area contributed by atoms with Gasteiger partial charge in [0.15, 0.2) is 0 Å². The normalized spacial score (nSPS) is 19.4. The zero-order valence-electron chi connectivity index (χ0n) is 11.3. The average molecular weight is 284 g/mol. The molecule has 1 saturated heterocycles. The van der Waals surface area contributed by atoms with Crippen LogP contribution < -0.4 is 10.6 Å². The molecule has 1 aliphatic heterocycles. The number of pyridine rings is 1. The number of aromatic nitrogens is 1. The van der Waals surface area contributed by atoms with Crippen molar-refractivity contribution in [3.05, 3.63) is 23.9 Å². The summed E-state index contributed by atoms with van der Waals surface area (Å²) in [5.74, 6) is 0.864. The van der Waals surface area contributed by atoms with Crippen molar-refractivity contribution in [3.8, 4) is 0 Å². The van der Waals surface area contributed by atoms with Gasteiger partial charge in [0, 0.05) is 38.4 Å². The monoisotopic (exact) mass is 284 g/mol. The molecule has 1 fully saturated rings. The molecule has 0 saturated carbocycles. The first kappa shape index (κ1) is 14.2. The van der Waals surface area contributed by atoms with Crippen LogP contribution in [0.25, 0.3) is 0 Å². The van der Waals surface area contributed by atoms with Gasteiger partial charge in [0.05, 0.1) is 6.26 Å². The van der Waals surface area contributed by atoms with E-state index in [0.717, 1.165) is 11.4 Å². The van der Waals surface area contributed by atoms with Crippen LogP contribution in [0.15, 0.2) is 18.3 Å². The molecule has 2 N–H and O–H groups in total. The van der Waals surface area contributed by atoms with E-state index in [1.54, 1.807) is 6.20 Å². The highest BCUT2D eigenvalue weighted by Gasteiger charge is 2.24. The SMILES string of the molecule is C[C@H](N)c1ccnc(N2CCN(S(C)(=O)=O)CC2)c1. The number of nitrogens with two attached hydrogens (primary N) is 1. The molecule has 0 spiro atoms. The van der Waals surface area contributed by atoms with Gasteiger partial charge >= 0.3 is 0 Å². The highest BCUT2D eigenvalue weighted by atomic mass is 32.2. The molecule has 106 valence electrons. The van der Waals surface area contributed by atoms with Gasteiger partial charge in [-0.25, -0.2) is 13.4 Å². The molecular weight excluding hydrogens is 264 g/mol. The summed E-state index contributed by atoms with van der Waals surface area (Å²) in [6.07, 6.45) is 2.99. The van der Waals surface area contributed by atoms with E-state index in [2.05, 4.69) is 9.88 Å². The van der Waals surface area contributed by atoms with Crippen LogP contribution in [-0.4, -0.2) is 50.1 Å². The Labute approximate surface area is 114 Å². The molecule has 1 aromatic heterocycles. The van der Waals surface area contributed by atoms with Gasteiger partial charge in [-0.1, -0.05) is 0 Å². The summed E-state index contributed by atoms with van der Waals surface area (Å²) >= 11 is 0. The maximum Gasteiger partial charge on any atom is 0.211 e. The van der Waals surface area contributed by atoms with Crippen LogP contribution in [0.3, 0.4) is 0 Å². The minimum absolute atomic E-state index is 0.0286. The average Bonchev–Trinajstić information content (AvgIpc) is 2.38. The summed E-state index contributed by atoms with van der Waals surface area (Å²) in [6, 6.07) is 3.85. The first-order chi connectivity index (χ1) is 8.88. The van der Waals surface area contributed by atoms with Gasteiger partial charge in [-0.3, -0.25) is 0 Å². The maximum atomic E-state index is 11.4. The van der Waals surface area contributed by atoms with Crippen molar-refractivity contribution < 1.29 is 8.42 Å². The van der Waals surface area contributed by atoms with Crippen LogP contribution in [-0.2, 0) is 10.0 Å². The lowest BCUT2D eigenvalue weighted by Crippen LogP contribution is -2.48. The van der Waals surface area contributed by atoms with E-state index in [-0.39, 0.29) is 6.04 Å². The van der Waals surface area contributed by atoms with E-state index < -0.39 is 10.0 Å². The minimum Gasteiger partial charge on any atom is -0.354 e. The molecule has 0 aliphatic carbocycles. The van der Waals surface area contributed by atoms with Crippen molar-refractivity contribution >= 4 is 15.8 Å². The second-order valence-electron chi connectivity index (χ2n) is 4.89. The van der Waals surface area contributed by atoms with Gasteiger partial charge in [-0.2, -0.15) is 4.31 Å². The van der Waals surface area contributed by atoms with E-state index >= 15 is 0 Å².